The van der Waals surface area contributed by atoms with Gasteiger partial charge in [-0.25, -0.2) is 4.39 Å². The minimum atomic E-state index is -1.30. The van der Waals surface area contributed by atoms with Gasteiger partial charge in [-0.15, -0.1) is 0 Å². The molecule has 1 aromatic carbocycles. The Kier molecular flexibility index (Phi) is 2.22. The predicted octanol–water partition coefficient (Wildman–Crippen LogP) is 2.76. The van der Waals surface area contributed by atoms with Crippen molar-refractivity contribution in [3.8, 4) is 0 Å². The van der Waals surface area contributed by atoms with Crippen LogP contribution in [0.4, 0.5) is 4.39 Å². The van der Waals surface area contributed by atoms with Crippen LogP contribution in [0.1, 0.15) is 5.56 Å². The summed E-state index contributed by atoms with van der Waals surface area (Å²) in [5.74, 6) is 0. The van der Waals surface area contributed by atoms with E-state index < -0.39 is 5.67 Å². The molecule has 0 bridgehead atoms. The summed E-state index contributed by atoms with van der Waals surface area (Å²) in [5, 5.41) is 3.81. The molecule has 13 heavy (non-hydrogen) atoms. The second kappa shape index (κ2) is 3.12. The molecule has 0 atom stereocenters. The van der Waals surface area contributed by atoms with Crippen molar-refractivity contribution in [2.24, 2.45) is 0 Å². The maximum absolute atomic E-state index is 13.8. The number of halogens is 3. The third-order valence-electron chi connectivity index (χ3n) is 2.22. The van der Waals surface area contributed by atoms with Crippen LogP contribution in [0, 0.1) is 0 Å². The number of nitrogens with one attached hydrogen (secondary N) is 1. The zero-order chi connectivity index (χ0) is 9.47. The van der Waals surface area contributed by atoms with Crippen LogP contribution in [-0.4, -0.2) is 13.1 Å². The van der Waals surface area contributed by atoms with Gasteiger partial charge < -0.3 is 5.32 Å². The summed E-state index contributed by atoms with van der Waals surface area (Å²) in [6.07, 6.45) is 0. The van der Waals surface area contributed by atoms with E-state index in [1.165, 1.54) is 0 Å². The molecule has 0 saturated carbocycles. The molecule has 1 saturated heterocycles. The van der Waals surface area contributed by atoms with Crippen LogP contribution < -0.4 is 5.32 Å². The van der Waals surface area contributed by atoms with Gasteiger partial charge in [0.05, 0.1) is 0 Å². The van der Waals surface area contributed by atoms with Gasteiger partial charge >= 0.3 is 0 Å². The molecule has 4 heteroatoms. The van der Waals surface area contributed by atoms with E-state index in [9.17, 15) is 4.39 Å². The van der Waals surface area contributed by atoms with Gasteiger partial charge in [-0.05, 0) is 12.1 Å². The molecule has 1 aliphatic rings. The molecule has 2 rings (SSSR count). The van der Waals surface area contributed by atoms with E-state index in [2.05, 4.69) is 5.32 Å². The quantitative estimate of drug-likeness (QED) is 0.767. The van der Waals surface area contributed by atoms with Gasteiger partial charge in [0.25, 0.3) is 0 Å². The highest BCUT2D eigenvalue weighted by Crippen LogP contribution is 2.36. The predicted molar refractivity (Wildman–Crippen MR) is 52.1 cm³/mol. The summed E-state index contributed by atoms with van der Waals surface area (Å²) in [4.78, 5) is 0. The van der Waals surface area contributed by atoms with Crippen molar-refractivity contribution < 1.29 is 4.39 Å². The van der Waals surface area contributed by atoms with E-state index in [1.807, 2.05) is 0 Å². The minimum absolute atomic E-state index is 0.328. The Morgan fingerprint density at radius 2 is 2.00 bits per heavy atom. The Morgan fingerprint density at radius 3 is 2.46 bits per heavy atom. The third-order valence-corrected chi connectivity index (χ3v) is 2.77. The summed E-state index contributed by atoms with van der Waals surface area (Å²) in [6.45, 7) is 0.655. The molecule has 0 radical (unpaired) electrons. The monoisotopic (exact) mass is 219 g/mol. The smallest absolute Gasteiger partial charge is 0.162 e. The fraction of sp³-hybridized carbons (Fsp3) is 0.333. The van der Waals surface area contributed by atoms with Gasteiger partial charge in [-0.3, -0.25) is 0 Å². The number of hydrogen-bond acceptors (Lipinski definition) is 1. The molecule has 1 heterocycles. The number of alkyl halides is 1. The average Bonchev–Trinajstić information content (AvgIpc) is 2.00. The van der Waals surface area contributed by atoms with Crippen LogP contribution in [0.15, 0.2) is 18.2 Å². The molecule has 0 unspecified atom stereocenters. The van der Waals surface area contributed by atoms with E-state index in [0.717, 1.165) is 0 Å². The van der Waals surface area contributed by atoms with Gasteiger partial charge in [0, 0.05) is 28.7 Å². The Labute approximate surface area is 85.8 Å². The van der Waals surface area contributed by atoms with Crippen LogP contribution in [0.25, 0.3) is 0 Å². The lowest BCUT2D eigenvalue weighted by Gasteiger charge is -2.35. The van der Waals surface area contributed by atoms with Crippen molar-refractivity contribution in [2.75, 3.05) is 13.1 Å². The Bertz CT molecular complexity index is 336. The third kappa shape index (κ3) is 1.54. The first kappa shape index (κ1) is 9.25. The van der Waals surface area contributed by atoms with E-state index >= 15 is 0 Å². The van der Waals surface area contributed by atoms with Crippen LogP contribution in [0.5, 0.6) is 0 Å². The second-order valence-electron chi connectivity index (χ2n) is 3.19. The SMILES string of the molecule is FC1(c2ccc(Cl)cc2Cl)CNC1. The van der Waals surface area contributed by atoms with E-state index in [-0.39, 0.29) is 0 Å². The van der Waals surface area contributed by atoms with Crippen molar-refractivity contribution in [1.82, 2.24) is 5.32 Å². The Balaban J connectivity index is 2.40. The number of hydrogen-bond donors (Lipinski definition) is 1. The minimum Gasteiger partial charge on any atom is -0.310 e. The fourth-order valence-corrected chi connectivity index (χ4v) is 1.97. The highest BCUT2D eigenvalue weighted by Gasteiger charge is 2.40. The highest BCUT2D eigenvalue weighted by molar-refractivity contribution is 6.35. The molecule has 0 aromatic heterocycles. The fourth-order valence-electron chi connectivity index (χ4n) is 1.39. The van der Waals surface area contributed by atoms with Crippen molar-refractivity contribution in [3.63, 3.8) is 0 Å². The maximum atomic E-state index is 13.8. The van der Waals surface area contributed by atoms with E-state index in [1.54, 1.807) is 18.2 Å². The molecule has 0 spiro atoms. The lowest BCUT2D eigenvalue weighted by molar-refractivity contribution is 0.0893. The van der Waals surface area contributed by atoms with Crippen LogP contribution >= 0.6 is 23.2 Å². The molecule has 0 aliphatic carbocycles. The Hall–Kier alpha value is -0.310. The molecule has 1 aliphatic heterocycles. The molecule has 1 nitrogen and oxygen atoms in total. The van der Waals surface area contributed by atoms with Gasteiger partial charge in [-0.2, -0.15) is 0 Å². The highest BCUT2D eigenvalue weighted by atomic mass is 35.5. The molecular weight excluding hydrogens is 212 g/mol. The van der Waals surface area contributed by atoms with Crippen molar-refractivity contribution in [2.45, 2.75) is 5.67 Å². The largest absolute Gasteiger partial charge is 0.310 e. The maximum Gasteiger partial charge on any atom is 0.162 e. The first-order valence-corrected chi connectivity index (χ1v) is 4.73. The zero-order valence-electron chi connectivity index (χ0n) is 6.78. The normalized spacial score (nSPS) is 19.6. The molecule has 70 valence electrons. The van der Waals surface area contributed by atoms with E-state index in [4.69, 9.17) is 23.2 Å². The lowest BCUT2D eigenvalue weighted by Crippen LogP contribution is -2.53. The van der Waals surface area contributed by atoms with Gasteiger partial charge in [0.15, 0.2) is 5.67 Å². The summed E-state index contributed by atoms with van der Waals surface area (Å²) < 4.78 is 13.8. The summed E-state index contributed by atoms with van der Waals surface area (Å²) in [7, 11) is 0. The molecular formula is C9H8Cl2FN. The summed E-state index contributed by atoms with van der Waals surface area (Å²) in [5.41, 5.74) is -0.779. The lowest BCUT2D eigenvalue weighted by atomic mass is 9.90. The number of rotatable bonds is 1. The first-order valence-electron chi connectivity index (χ1n) is 3.97. The van der Waals surface area contributed by atoms with E-state index in [0.29, 0.717) is 28.7 Å². The zero-order valence-corrected chi connectivity index (χ0v) is 8.29. The first-order chi connectivity index (χ1) is 6.12. The average molecular weight is 220 g/mol. The standard InChI is InChI=1S/C9H8Cl2FN/c10-6-1-2-7(8(11)3-6)9(12)4-13-5-9/h1-3,13H,4-5H2. The van der Waals surface area contributed by atoms with Crippen LogP contribution in [0.2, 0.25) is 10.0 Å². The van der Waals surface area contributed by atoms with Gasteiger partial charge in [0.1, 0.15) is 0 Å². The molecule has 1 aromatic rings. The second-order valence-corrected chi connectivity index (χ2v) is 4.04. The molecule has 0 amide bonds. The number of benzene rings is 1. The summed E-state index contributed by atoms with van der Waals surface area (Å²) in [6, 6.07) is 4.87. The van der Waals surface area contributed by atoms with Crippen LogP contribution in [0.3, 0.4) is 0 Å². The van der Waals surface area contributed by atoms with Crippen molar-refractivity contribution >= 4 is 23.2 Å². The van der Waals surface area contributed by atoms with Crippen molar-refractivity contribution in [3.05, 3.63) is 33.8 Å². The molecule has 1 N–H and O–H groups in total. The summed E-state index contributed by atoms with van der Waals surface area (Å²) >= 11 is 11.6. The Morgan fingerprint density at radius 1 is 1.31 bits per heavy atom. The van der Waals surface area contributed by atoms with Crippen LogP contribution in [-0.2, 0) is 5.67 Å². The van der Waals surface area contributed by atoms with Gasteiger partial charge in [-0.1, -0.05) is 29.3 Å². The van der Waals surface area contributed by atoms with Gasteiger partial charge in [0.2, 0.25) is 0 Å². The topological polar surface area (TPSA) is 12.0 Å². The van der Waals surface area contributed by atoms with Crippen molar-refractivity contribution in [1.29, 1.82) is 0 Å². The molecule has 1 fully saturated rings.